The van der Waals surface area contributed by atoms with Crippen LogP contribution in [0.25, 0.3) is 0 Å². The van der Waals surface area contributed by atoms with Crippen LogP contribution < -0.4 is 11.4 Å². The van der Waals surface area contributed by atoms with Crippen LogP contribution >= 0.6 is 23.4 Å². The zero-order chi connectivity index (χ0) is 11.1. The number of nitrogens with zero attached hydrogens (tertiary/aromatic N) is 1. The van der Waals surface area contributed by atoms with Crippen LogP contribution in [0.1, 0.15) is 6.42 Å². The second-order valence-corrected chi connectivity index (χ2v) is 4.06. The van der Waals surface area contributed by atoms with Gasteiger partial charge in [-0.2, -0.15) is 0 Å². The molecule has 0 aliphatic carbocycles. The number of hydrogen-bond donors (Lipinski definition) is 2. The smallest absolute Gasteiger partial charge is 0.327 e. The number of carbonyl (C=O) groups is 1. The molecule has 0 amide bonds. The van der Waals surface area contributed by atoms with Gasteiger partial charge in [0.2, 0.25) is 0 Å². The minimum Gasteiger partial charge on any atom is -0.356 e. The molecule has 0 bridgehead atoms. The molecule has 1 heterocycles. The van der Waals surface area contributed by atoms with E-state index in [1.807, 2.05) is 5.59 Å². The van der Waals surface area contributed by atoms with Crippen molar-refractivity contribution in [1.82, 2.24) is 10.6 Å². The molecule has 0 aliphatic heterocycles. The normalized spacial score (nSPS) is 10.0. The molecule has 5 nitrogen and oxygen atoms in total. The minimum absolute atomic E-state index is 0.263. The fraction of sp³-hybridized carbons (Fsp3) is 0.250. The number of carbonyl (C=O) groups excluding carboxylic acids is 1. The number of nitrogens with two attached hydrogens (primary N) is 1. The molecule has 0 fully saturated rings. The third-order valence-corrected chi connectivity index (χ3v) is 2.60. The summed E-state index contributed by atoms with van der Waals surface area (Å²) in [4.78, 5) is 19.3. The molecule has 0 spiro atoms. The maximum Gasteiger partial charge on any atom is 0.327 e. The van der Waals surface area contributed by atoms with E-state index in [1.165, 1.54) is 11.8 Å². The average Bonchev–Trinajstić information content (AvgIpc) is 2.21. The number of pyridine rings is 1. The van der Waals surface area contributed by atoms with Crippen LogP contribution in [-0.2, 0) is 9.63 Å². The lowest BCUT2D eigenvalue weighted by Crippen LogP contribution is -2.26. The summed E-state index contributed by atoms with van der Waals surface area (Å²) in [6.45, 7) is 0. The molecule has 15 heavy (non-hydrogen) atoms. The van der Waals surface area contributed by atoms with Crippen molar-refractivity contribution in [3.05, 3.63) is 23.4 Å². The van der Waals surface area contributed by atoms with E-state index >= 15 is 0 Å². The molecule has 0 unspecified atom stereocenters. The van der Waals surface area contributed by atoms with Crippen molar-refractivity contribution in [2.75, 3.05) is 5.75 Å². The number of aromatic nitrogens is 1. The van der Waals surface area contributed by atoms with Crippen LogP contribution in [0, 0.1) is 0 Å². The molecule has 0 saturated carbocycles. The van der Waals surface area contributed by atoms with Crippen LogP contribution in [0.4, 0.5) is 0 Å². The molecular formula is C8H10ClN3O2S. The van der Waals surface area contributed by atoms with Gasteiger partial charge in [-0.1, -0.05) is 17.2 Å². The highest BCUT2D eigenvalue weighted by Gasteiger charge is 2.03. The lowest BCUT2D eigenvalue weighted by molar-refractivity contribution is -0.150. The van der Waals surface area contributed by atoms with Gasteiger partial charge in [0, 0.05) is 11.9 Å². The summed E-state index contributed by atoms with van der Waals surface area (Å²) in [6.07, 6.45) is 1.82. The van der Waals surface area contributed by atoms with Crippen molar-refractivity contribution in [1.29, 1.82) is 0 Å². The van der Waals surface area contributed by atoms with Crippen molar-refractivity contribution in [3.63, 3.8) is 0 Å². The summed E-state index contributed by atoms with van der Waals surface area (Å²) in [6, 6.07) is 3.54. The fourth-order valence-electron chi connectivity index (χ4n) is 0.803. The van der Waals surface area contributed by atoms with Gasteiger partial charge < -0.3 is 4.84 Å². The number of thioether (sulfide) groups is 1. The van der Waals surface area contributed by atoms with Crippen LogP contribution in [0.15, 0.2) is 23.4 Å². The summed E-state index contributed by atoms with van der Waals surface area (Å²) < 4.78 is 0. The third kappa shape index (κ3) is 4.98. The van der Waals surface area contributed by atoms with Gasteiger partial charge in [0.25, 0.3) is 0 Å². The number of hydrogen-bond acceptors (Lipinski definition) is 6. The first kappa shape index (κ1) is 12.3. The molecular weight excluding hydrogens is 238 g/mol. The number of halogens is 1. The van der Waals surface area contributed by atoms with Crippen molar-refractivity contribution < 1.29 is 9.63 Å². The maximum atomic E-state index is 10.9. The lowest BCUT2D eigenvalue weighted by Gasteiger charge is -2.01. The van der Waals surface area contributed by atoms with Crippen molar-refractivity contribution in [3.8, 4) is 0 Å². The van der Waals surface area contributed by atoms with Crippen molar-refractivity contribution >= 4 is 29.3 Å². The Morgan fingerprint density at radius 2 is 2.47 bits per heavy atom. The Morgan fingerprint density at radius 1 is 1.67 bits per heavy atom. The lowest BCUT2D eigenvalue weighted by atomic mass is 10.5. The van der Waals surface area contributed by atoms with Crippen LogP contribution in [-0.4, -0.2) is 16.7 Å². The average molecular weight is 248 g/mol. The van der Waals surface area contributed by atoms with Crippen LogP contribution in [0.3, 0.4) is 0 Å². The molecule has 1 aromatic rings. The molecule has 0 radical (unpaired) electrons. The Kier molecular flexibility index (Phi) is 5.41. The molecule has 0 atom stereocenters. The molecule has 3 N–H and O–H groups in total. The SMILES string of the molecule is NNOC(=O)CCSc1ccc(Cl)cn1. The Morgan fingerprint density at radius 3 is 3.07 bits per heavy atom. The first-order valence-corrected chi connectivity index (χ1v) is 5.48. The molecule has 1 rings (SSSR count). The number of hydrazine groups is 1. The third-order valence-electron chi connectivity index (χ3n) is 1.43. The predicted octanol–water partition coefficient (Wildman–Crippen LogP) is 1.14. The van der Waals surface area contributed by atoms with Crippen LogP contribution in [0.2, 0.25) is 5.02 Å². The molecule has 1 aromatic heterocycles. The summed E-state index contributed by atoms with van der Waals surface area (Å²) in [5.41, 5.74) is 1.83. The van der Waals surface area contributed by atoms with E-state index in [-0.39, 0.29) is 6.42 Å². The Labute approximate surface area is 96.3 Å². The van der Waals surface area contributed by atoms with Gasteiger partial charge in [-0.25, -0.2) is 10.8 Å². The summed E-state index contributed by atoms with van der Waals surface area (Å²) >= 11 is 7.11. The van der Waals surface area contributed by atoms with E-state index in [0.717, 1.165) is 5.03 Å². The van der Waals surface area contributed by atoms with E-state index in [4.69, 9.17) is 17.4 Å². The molecule has 0 saturated heterocycles. The molecule has 0 aromatic carbocycles. The van der Waals surface area contributed by atoms with Gasteiger partial charge in [0.05, 0.1) is 16.5 Å². The monoisotopic (exact) mass is 247 g/mol. The minimum atomic E-state index is -0.404. The van der Waals surface area contributed by atoms with E-state index in [0.29, 0.717) is 10.8 Å². The van der Waals surface area contributed by atoms with Crippen molar-refractivity contribution in [2.24, 2.45) is 5.84 Å². The number of rotatable bonds is 5. The van der Waals surface area contributed by atoms with Gasteiger partial charge >= 0.3 is 5.97 Å². The molecule has 7 heteroatoms. The first-order valence-electron chi connectivity index (χ1n) is 4.12. The van der Waals surface area contributed by atoms with E-state index in [2.05, 4.69) is 9.82 Å². The Hall–Kier alpha value is -0.820. The zero-order valence-electron chi connectivity index (χ0n) is 7.77. The summed E-state index contributed by atoms with van der Waals surface area (Å²) in [5.74, 6) is 4.98. The number of nitrogens with one attached hydrogen (secondary N) is 1. The van der Waals surface area contributed by atoms with Gasteiger partial charge in [-0.3, -0.25) is 4.79 Å². The topological polar surface area (TPSA) is 77.2 Å². The maximum absolute atomic E-state index is 10.9. The Bertz CT molecular complexity index is 320. The molecule has 82 valence electrons. The van der Waals surface area contributed by atoms with Crippen molar-refractivity contribution in [2.45, 2.75) is 11.4 Å². The van der Waals surface area contributed by atoms with E-state index < -0.39 is 5.97 Å². The largest absolute Gasteiger partial charge is 0.356 e. The predicted molar refractivity (Wildman–Crippen MR) is 58.0 cm³/mol. The highest BCUT2D eigenvalue weighted by atomic mass is 35.5. The van der Waals surface area contributed by atoms with Gasteiger partial charge in [-0.15, -0.1) is 11.8 Å². The van der Waals surface area contributed by atoms with Crippen LogP contribution in [0.5, 0.6) is 0 Å². The highest BCUT2D eigenvalue weighted by molar-refractivity contribution is 7.99. The quantitative estimate of drug-likeness (QED) is 0.462. The van der Waals surface area contributed by atoms with Gasteiger partial charge in [-0.05, 0) is 12.1 Å². The second-order valence-electron chi connectivity index (χ2n) is 2.51. The van der Waals surface area contributed by atoms with Gasteiger partial charge in [0.15, 0.2) is 0 Å². The van der Waals surface area contributed by atoms with E-state index in [9.17, 15) is 4.79 Å². The van der Waals surface area contributed by atoms with E-state index in [1.54, 1.807) is 18.3 Å². The fourth-order valence-corrected chi connectivity index (χ4v) is 1.68. The zero-order valence-corrected chi connectivity index (χ0v) is 9.35. The Balaban J connectivity index is 2.26. The summed E-state index contributed by atoms with van der Waals surface area (Å²) in [5, 5.41) is 1.40. The first-order chi connectivity index (χ1) is 7.22. The second kappa shape index (κ2) is 6.62. The summed E-state index contributed by atoms with van der Waals surface area (Å²) in [7, 11) is 0. The molecule has 0 aliphatic rings. The standard InChI is InChI=1S/C8H10ClN3O2S/c9-6-1-2-7(11-5-6)15-4-3-8(13)14-12-10/h1-2,5,12H,3-4,10H2. The van der Waals surface area contributed by atoms with Gasteiger partial charge in [0.1, 0.15) is 0 Å². The highest BCUT2D eigenvalue weighted by Crippen LogP contribution is 2.17.